The summed E-state index contributed by atoms with van der Waals surface area (Å²) in [6.07, 6.45) is 39.7. The van der Waals surface area contributed by atoms with Crippen molar-refractivity contribution < 1.29 is 42.1 Å². The Morgan fingerprint density at radius 2 is 0.927 bits per heavy atom. The van der Waals surface area contributed by atoms with Crippen LogP contribution in [0.3, 0.4) is 0 Å². The van der Waals surface area contributed by atoms with E-state index in [4.69, 9.17) is 18.5 Å². The van der Waals surface area contributed by atoms with E-state index in [-0.39, 0.29) is 25.6 Å². The van der Waals surface area contributed by atoms with E-state index >= 15 is 0 Å². The third kappa shape index (κ3) is 42.2. The van der Waals surface area contributed by atoms with Gasteiger partial charge >= 0.3 is 19.8 Å². The van der Waals surface area contributed by atoms with Gasteiger partial charge in [0.15, 0.2) is 6.10 Å². The van der Waals surface area contributed by atoms with Gasteiger partial charge in [-0.25, -0.2) is 4.57 Å². The first-order valence-electron chi connectivity index (χ1n) is 22.9. The molecule has 0 aliphatic rings. The van der Waals surface area contributed by atoms with E-state index in [1.807, 2.05) is 21.1 Å². The molecular formula is C45H89NO8P+. The van der Waals surface area contributed by atoms with Crippen LogP contribution in [0.4, 0.5) is 0 Å². The minimum Gasteiger partial charge on any atom is -0.462 e. The maximum absolute atomic E-state index is 12.7. The predicted octanol–water partition coefficient (Wildman–Crippen LogP) is 13.0. The quantitative estimate of drug-likeness (QED) is 0.0214. The third-order valence-corrected chi connectivity index (χ3v) is 11.0. The number of hydrogen-bond donors (Lipinski definition) is 1. The lowest BCUT2D eigenvalue weighted by molar-refractivity contribution is -0.870. The van der Waals surface area contributed by atoms with Crippen LogP contribution in [0.15, 0.2) is 12.2 Å². The van der Waals surface area contributed by atoms with Crippen molar-refractivity contribution in [3.63, 3.8) is 0 Å². The summed E-state index contributed by atoms with van der Waals surface area (Å²) in [6, 6.07) is 0. The molecule has 0 aliphatic heterocycles. The Hall–Kier alpha value is -1.25. The fourth-order valence-electron chi connectivity index (χ4n) is 6.42. The maximum Gasteiger partial charge on any atom is 0.472 e. The van der Waals surface area contributed by atoms with Crippen LogP contribution in [0.2, 0.25) is 0 Å². The Balaban J connectivity index is 4.25. The minimum absolute atomic E-state index is 0.0331. The van der Waals surface area contributed by atoms with E-state index in [0.717, 1.165) is 51.4 Å². The molecule has 0 aliphatic carbocycles. The number of unbranched alkanes of at least 4 members (excludes halogenated alkanes) is 26. The van der Waals surface area contributed by atoms with Crippen LogP contribution >= 0.6 is 7.82 Å². The highest BCUT2D eigenvalue weighted by atomic mass is 31.2. The van der Waals surface area contributed by atoms with Crippen molar-refractivity contribution in [2.45, 2.75) is 219 Å². The maximum atomic E-state index is 12.7. The van der Waals surface area contributed by atoms with Crippen LogP contribution in [-0.4, -0.2) is 74.9 Å². The number of ether oxygens (including phenoxy) is 2. The predicted molar refractivity (Wildman–Crippen MR) is 229 cm³/mol. The average molecular weight is 803 g/mol. The molecule has 55 heavy (non-hydrogen) atoms. The zero-order chi connectivity index (χ0) is 40.7. The van der Waals surface area contributed by atoms with Crippen molar-refractivity contribution in [1.82, 2.24) is 0 Å². The zero-order valence-corrected chi connectivity index (χ0v) is 37.6. The van der Waals surface area contributed by atoms with Gasteiger partial charge in [-0.3, -0.25) is 18.6 Å². The number of hydrogen-bond acceptors (Lipinski definition) is 7. The SMILES string of the molecule is CCCCC/C=C\CCCCCCCC(=O)O[C@H](COC(=O)CCCCCCCCCCCCCCCCCCCCC)COP(=O)(O)OCC[N+](C)(C)C. The lowest BCUT2D eigenvalue weighted by Gasteiger charge is -2.24. The van der Waals surface area contributed by atoms with Gasteiger partial charge in [-0.2, -0.15) is 0 Å². The number of carbonyl (C=O) groups is 2. The second-order valence-electron chi connectivity index (χ2n) is 16.8. The van der Waals surface area contributed by atoms with Gasteiger partial charge < -0.3 is 18.9 Å². The molecule has 0 spiro atoms. The summed E-state index contributed by atoms with van der Waals surface area (Å²) < 4.78 is 34.3. The number of nitrogens with zero attached hydrogens (tertiary/aromatic N) is 1. The normalized spacial score (nSPS) is 13.6. The van der Waals surface area contributed by atoms with Gasteiger partial charge in [0.1, 0.15) is 19.8 Å². The number of rotatable bonds is 42. The Bertz CT molecular complexity index is 954. The van der Waals surface area contributed by atoms with E-state index in [1.165, 1.54) is 128 Å². The summed E-state index contributed by atoms with van der Waals surface area (Å²) in [4.78, 5) is 35.3. The lowest BCUT2D eigenvalue weighted by Crippen LogP contribution is -2.37. The second-order valence-corrected chi connectivity index (χ2v) is 18.2. The molecule has 0 heterocycles. The zero-order valence-electron chi connectivity index (χ0n) is 36.7. The first kappa shape index (κ1) is 53.8. The van der Waals surface area contributed by atoms with Crippen molar-refractivity contribution in [2.24, 2.45) is 0 Å². The Morgan fingerprint density at radius 3 is 1.38 bits per heavy atom. The number of allylic oxidation sites excluding steroid dienone is 2. The molecule has 2 atom stereocenters. The molecule has 10 heteroatoms. The standard InChI is InChI=1S/C45H88NO8P/c1-6-8-10-12-14-16-18-20-21-22-23-24-25-26-28-29-31-33-35-37-44(47)51-41-43(42-53-55(49,50)52-40-39-46(3,4)5)54-45(48)38-36-34-32-30-27-19-17-15-13-11-9-7-2/h15,17,43H,6-14,16,18-42H2,1-5H3/p+1/b17-15-/t43-/m1/s1. The molecule has 1 N–H and O–H groups in total. The summed E-state index contributed by atoms with van der Waals surface area (Å²) in [5.74, 6) is -0.799. The van der Waals surface area contributed by atoms with Gasteiger partial charge in [-0.15, -0.1) is 0 Å². The summed E-state index contributed by atoms with van der Waals surface area (Å²) in [7, 11) is 1.48. The van der Waals surface area contributed by atoms with Crippen molar-refractivity contribution in [3.8, 4) is 0 Å². The number of carbonyl (C=O) groups excluding carboxylic acids is 2. The van der Waals surface area contributed by atoms with Crippen LogP contribution in [0.25, 0.3) is 0 Å². The van der Waals surface area contributed by atoms with Crippen molar-refractivity contribution >= 4 is 19.8 Å². The van der Waals surface area contributed by atoms with Gasteiger partial charge in [0.05, 0.1) is 27.7 Å². The molecule has 0 rings (SSSR count). The van der Waals surface area contributed by atoms with Gasteiger partial charge in [-0.05, 0) is 38.5 Å². The van der Waals surface area contributed by atoms with E-state index in [1.54, 1.807) is 0 Å². The Morgan fingerprint density at radius 1 is 0.545 bits per heavy atom. The summed E-state index contributed by atoms with van der Waals surface area (Å²) in [5.41, 5.74) is 0. The fourth-order valence-corrected chi connectivity index (χ4v) is 7.16. The van der Waals surface area contributed by atoms with E-state index in [2.05, 4.69) is 26.0 Å². The first-order valence-corrected chi connectivity index (χ1v) is 24.4. The molecule has 0 saturated heterocycles. The molecule has 0 fully saturated rings. The molecule has 0 radical (unpaired) electrons. The summed E-state index contributed by atoms with van der Waals surface area (Å²) in [6.45, 7) is 4.41. The van der Waals surface area contributed by atoms with Crippen molar-refractivity contribution in [3.05, 3.63) is 12.2 Å². The summed E-state index contributed by atoms with van der Waals surface area (Å²) in [5, 5.41) is 0. The minimum atomic E-state index is -4.37. The Kier molecular flexibility index (Phi) is 37.4. The van der Waals surface area contributed by atoms with Crippen molar-refractivity contribution in [2.75, 3.05) is 47.5 Å². The highest BCUT2D eigenvalue weighted by molar-refractivity contribution is 7.47. The van der Waals surface area contributed by atoms with E-state index in [9.17, 15) is 19.0 Å². The highest BCUT2D eigenvalue weighted by Gasteiger charge is 2.27. The molecule has 0 aromatic heterocycles. The number of esters is 2. The fraction of sp³-hybridized carbons (Fsp3) is 0.911. The number of likely N-dealkylation sites (N-methyl/N-ethyl adjacent to an activating group) is 1. The highest BCUT2D eigenvalue weighted by Crippen LogP contribution is 2.43. The third-order valence-electron chi connectivity index (χ3n) is 10.0. The molecule has 0 saturated carbocycles. The Labute approximate surface area is 339 Å². The monoisotopic (exact) mass is 803 g/mol. The summed E-state index contributed by atoms with van der Waals surface area (Å²) >= 11 is 0. The van der Waals surface area contributed by atoms with Crippen LogP contribution in [0.5, 0.6) is 0 Å². The second kappa shape index (κ2) is 38.3. The van der Waals surface area contributed by atoms with Crippen LogP contribution in [0, 0.1) is 0 Å². The first-order chi connectivity index (χ1) is 26.5. The topological polar surface area (TPSA) is 108 Å². The smallest absolute Gasteiger partial charge is 0.462 e. The van der Waals surface area contributed by atoms with Crippen LogP contribution in [-0.2, 0) is 32.7 Å². The molecule has 9 nitrogen and oxygen atoms in total. The largest absolute Gasteiger partial charge is 0.472 e. The van der Waals surface area contributed by atoms with Gasteiger partial charge in [0, 0.05) is 12.8 Å². The van der Waals surface area contributed by atoms with E-state index < -0.39 is 26.5 Å². The molecule has 1 unspecified atom stereocenters. The molecule has 0 aromatic rings. The number of phosphoric acid groups is 1. The average Bonchev–Trinajstić information content (AvgIpc) is 3.13. The van der Waals surface area contributed by atoms with Gasteiger partial charge in [0.25, 0.3) is 0 Å². The van der Waals surface area contributed by atoms with Crippen molar-refractivity contribution in [1.29, 1.82) is 0 Å². The molecule has 0 amide bonds. The van der Waals surface area contributed by atoms with Gasteiger partial charge in [0.2, 0.25) is 0 Å². The molecule has 0 aromatic carbocycles. The van der Waals surface area contributed by atoms with Crippen LogP contribution in [0.1, 0.15) is 213 Å². The molecule has 0 bridgehead atoms. The molecule has 326 valence electrons. The number of quaternary nitrogens is 1. The van der Waals surface area contributed by atoms with Gasteiger partial charge in [-0.1, -0.05) is 174 Å². The lowest BCUT2D eigenvalue weighted by atomic mass is 10.0. The van der Waals surface area contributed by atoms with Crippen LogP contribution < -0.4 is 0 Å². The molecular weight excluding hydrogens is 713 g/mol. The van der Waals surface area contributed by atoms with E-state index in [0.29, 0.717) is 23.9 Å². The number of phosphoric ester groups is 1.